The zero-order valence-electron chi connectivity index (χ0n) is 17.8. The van der Waals surface area contributed by atoms with Gasteiger partial charge in [-0.1, -0.05) is 19.1 Å². The molecule has 24 heavy (non-hydrogen) atoms. The Kier molecular flexibility index (Phi) is 9.06. The molecule has 0 N–H and O–H groups in total. The van der Waals surface area contributed by atoms with E-state index in [1.165, 1.54) is 0 Å². The van der Waals surface area contributed by atoms with Gasteiger partial charge in [-0.2, -0.15) is 0 Å². The lowest BCUT2D eigenvalue weighted by Crippen LogP contribution is -2.59. The summed E-state index contributed by atoms with van der Waals surface area (Å²) in [4.78, 5) is 0. The molecule has 0 saturated heterocycles. The van der Waals surface area contributed by atoms with Crippen molar-refractivity contribution in [1.82, 2.24) is 0 Å². The molecule has 0 saturated carbocycles. The van der Waals surface area contributed by atoms with Crippen molar-refractivity contribution in [3.05, 3.63) is 12.2 Å². The van der Waals surface area contributed by atoms with Crippen LogP contribution in [0.15, 0.2) is 12.2 Å². The number of ether oxygens (including phenoxy) is 1. The van der Waals surface area contributed by atoms with Gasteiger partial charge in [-0.25, -0.2) is 0 Å². The van der Waals surface area contributed by atoms with Crippen LogP contribution in [0.5, 0.6) is 0 Å². The second-order valence-electron chi connectivity index (χ2n) is 8.99. The van der Waals surface area contributed by atoms with E-state index in [4.69, 9.17) is 17.1 Å². The SMILES string of the molecule is C=C(C)COC(CC)[Si](C)(C)O[Si](C)(C)O[Si](C)(C)O[Si](C)(C)C. The summed E-state index contributed by atoms with van der Waals surface area (Å²) in [6, 6.07) is 0. The highest BCUT2D eigenvalue weighted by Gasteiger charge is 2.45. The van der Waals surface area contributed by atoms with Crippen molar-refractivity contribution >= 4 is 33.8 Å². The van der Waals surface area contributed by atoms with E-state index in [9.17, 15) is 0 Å². The second-order valence-corrected chi connectivity index (χ2v) is 25.1. The predicted octanol–water partition coefficient (Wildman–Crippen LogP) is 5.39. The summed E-state index contributed by atoms with van der Waals surface area (Å²) in [5, 5.41) is 0. The molecule has 0 spiro atoms. The van der Waals surface area contributed by atoms with Crippen molar-refractivity contribution in [2.24, 2.45) is 0 Å². The molecule has 0 fully saturated rings. The zero-order valence-corrected chi connectivity index (χ0v) is 21.8. The second kappa shape index (κ2) is 8.89. The minimum Gasteiger partial charge on any atom is -0.437 e. The van der Waals surface area contributed by atoms with Crippen molar-refractivity contribution in [3.63, 3.8) is 0 Å². The molecule has 0 aliphatic heterocycles. The van der Waals surface area contributed by atoms with Crippen LogP contribution in [-0.2, 0) is 17.1 Å². The van der Waals surface area contributed by atoms with E-state index in [1.807, 2.05) is 6.92 Å². The molecule has 0 aromatic rings. The van der Waals surface area contributed by atoms with Gasteiger partial charge in [0.15, 0.2) is 8.32 Å². The highest BCUT2D eigenvalue weighted by molar-refractivity contribution is 6.89. The molecule has 0 rings (SSSR count). The molecule has 0 aliphatic carbocycles. The summed E-state index contributed by atoms with van der Waals surface area (Å²) in [7, 11) is -8.15. The molecule has 0 amide bonds. The van der Waals surface area contributed by atoms with Crippen LogP contribution in [0, 0.1) is 0 Å². The lowest BCUT2D eigenvalue weighted by molar-refractivity contribution is 0.104. The molecular formula is C16H40O4Si4. The predicted molar refractivity (Wildman–Crippen MR) is 114 cm³/mol. The number of hydrogen-bond donors (Lipinski definition) is 0. The fourth-order valence-corrected chi connectivity index (χ4v) is 21.9. The molecule has 0 aromatic carbocycles. The number of rotatable bonds is 11. The Bertz CT molecular complexity index is 417. The van der Waals surface area contributed by atoms with Crippen molar-refractivity contribution < 1.29 is 17.1 Å². The lowest BCUT2D eigenvalue weighted by Gasteiger charge is -2.42. The number of hydrogen-bond acceptors (Lipinski definition) is 4. The standard InChI is InChI=1S/C16H40O4Si4/c1-13-16(17-14-15(2)3)22(7,8)19-24(11,12)20-23(9,10)18-21(4,5)6/h16H,2,13-14H2,1,3-12H3. The Hall–Kier alpha value is 0.448. The van der Waals surface area contributed by atoms with Crippen LogP contribution in [0.4, 0.5) is 0 Å². The molecule has 0 heterocycles. The average molecular weight is 409 g/mol. The largest absolute Gasteiger partial charge is 0.437 e. The first-order valence-corrected chi connectivity index (χ1v) is 20.9. The molecule has 0 aliphatic rings. The van der Waals surface area contributed by atoms with E-state index in [0.717, 1.165) is 12.0 Å². The summed E-state index contributed by atoms with van der Waals surface area (Å²) >= 11 is 0. The third-order valence-electron chi connectivity index (χ3n) is 3.23. The zero-order chi connectivity index (χ0) is 19.4. The molecular weight excluding hydrogens is 369 g/mol. The minimum atomic E-state index is -2.29. The van der Waals surface area contributed by atoms with Gasteiger partial charge >= 0.3 is 17.1 Å². The van der Waals surface area contributed by atoms with Crippen molar-refractivity contribution in [2.45, 2.75) is 84.9 Å². The van der Waals surface area contributed by atoms with Crippen LogP contribution in [0.1, 0.15) is 20.3 Å². The Morgan fingerprint density at radius 3 is 1.67 bits per heavy atom. The third kappa shape index (κ3) is 10.4. The van der Waals surface area contributed by atoms with Gasteiger partial charge < -0.3 is 17.1 Å². The van der Waals surface area contributed by atoms with E-state index in [-0.39, 0.29) is 5.73 Å². The van der Waals surface area contributed by atoms with E-state index in [2.05, 4.69) is 72.4 Å². The molecule has 0 radical (unpaired) electrons. The maximum atomic E-state index is 6.63. The lowest BCUT2D eigenvalue weighted by atomic mass is 10.4. The van der Waals surface area contributed by atoms with Crippen molar-refractivity contribution in [3.8, 4) is 0 Å². The van der Waals surface area contributed by atoms with Gasteiger partial charge in [0.05, 0.1) is 12.3 Å². The van der Waals surface area contributed by atoms with Crippen LogP contribution < -0.4 is 0 Å². The Morgan fingerprint density at radius 2 is 1.29 bits per heavy atom. The van der Waals surface area contributed by atoms with Crippen molar-refractivity contribution in [1.29, 1.82) is 0 Å². The van der Waals surface area contributed by atoms with E-state index < -0.39 is 33.8 Å². The van der Waals surface area contributed by atoms with Gasteiger partial charge in [0.25, 0.3) is 0 Å². The van der Waals surface area contributed by atoms with Crippen LogP contribution >= 0.6 is 0 Å². The molecule has 0 aromatic heterocycles. The normalized spacial score (nSPS) is 15.5. The van der Waals surface area contributed by atoms with Crippen LogP contribution in [0.3, 0.4) is 0 Å². The maximum absolute atomic E-state index is 6.63. The monoisotopic (exact) mass is 408 g/mol. The molecule has 4 nitrogen and oxygen atoms in total. The van der Waals surface area contributed by atoms with E-state index in [0.29, 0.717) is 6.61 Å². The van der Waals surface area contributed by atoms with Gasteiger partial charge in [-0.05, 0) is 72.3 Å². The van der Waals surface area contributed by atoms with E-state index >= 15 is 0 Å². The summed E-state index contributed by atoms with van der Waals surface area (Å²) in [5.41, 5.74) is 1.19. The first-order valence-electron chi connectivity index (χ1n) is 8.86. The fraction of sp³-hybridized carbons (Fsp3) is 0.875. The summed E-state index contributed by atoms with van der Waals surface area (Å²) in [6.07, 6.45) is 0.948. The Labute approximate surface area is 154 Å². The minimum absolute atomic E-state index is 0.146. The molecule has 0 bridgehead atoms. The third-order valence-corrected chi connectivity index (χ3v) is 17.8. The average Bonchev–Trinajstić information content (AvgIpc) is 2.20. The Balaban J connectivity index is 4.99. The fourth-order valence-electron chi connectivity index (χ4n) is 3.12. The summed E-state index contributed by atoms with van der Waals surface area (Å²) in [5.74, 6) is 0. The first-order chi connectivity index (χ1) is 10.5. The smallest absolute Gasteiger partial charge is 0.312 e. The summed E-state index contributed by atoms with van der Waals surface area (Å²) in [6.45, 7) is 28.3. The highest BCUT2D eigenvalue weighted by atomic mass is 28.5. The van der Waals surface area contributed by atoms with Gasteiger partial charge in [0.1, 0.15) is 0 Å². The molecule has 1 atom stereocenters. The van der Waals surface area contributed by atoms with Gasteiger partial charge in [0.2, 0.25) is 8.32 Å². The van der Waals surface area contributed by atoms with Gasteiger partial charge in [-0.3, -0.25) is 0 Å². The summed E-state index contributed by atoms with van der Waals surface area (Å²) < 4.78 is 25.5. The maximum Gasteiger partial charge on any atom is 0.312 e. The topological polar surface area (TPSA) is 36.9 Å². The first kappa shape index (κ1) is 24.4. The van der Waals surface area contributed by atoms with Crippen LogP contribution in [0.2, 0.25) is 58.9 Å². The molecule has 8 heteroatoms. The van der Waals surface area contributed by atoms with E-state index in [1.54, 1.807) is 0 Å². The quantitative estimate of drug-likeness (QED) is 0.339. The van der Waals surface area contributed by atoms with Gasteiger partial charge in [-0.15, -0.1) is 0 Å². The van der Waals surface area contributed by atoms with Crippen molar-refractivity contribution in [2.75, 3.05) is 6.61 Å². The molecule has 1 unspecified atom stereocenters. The van der Waals surface area contributed by atoms with Gasteiger partial charge in [0, 0.05) is 0 Å². The van der Waals surface area contributed by atoms with Crippen LogP contribution in [-0.4, -0.2) is 46.1 Å². The highest BCUT2D eigenvalue weighted by Crippen LogP contribution is 2.27. The van der Waals surface area contributed by atoms with Crippen LogP contribution in [0.25, 0.3) is 0 Å². The Morgan fingerprint density at radius 1 is 0.833 bits per heavy atom. The molecule has 144 valence electrons.